The van der Waals surface area contributed by atoms with Crippen LogP contribution >= 0.6 is 11.3 Å². The second-order valence-electron chi connectivity index (χ2n) is 9.33. The average molecular weight is 561 g/mol. The number of benzene rings is 2. The van der Waals surface area contributed by atoms with Gasteiger partial charge in [-0.3, -0.25) is 14.5 Å². The van der Waals surface area contributed by atoms with Crippen molar-refractivity contribution in [3.05, 3.63) is 93.7 Å². The van der Waals surface area contributed by atoms with Gasteiger partial charge in [0.15, 0.2) is 16.7 Å². The van der Waals surface area contributed by atoms with E-state index in [1.54, 1.807) is 37.3 Å². The van der Waals surface area contributed by atoms with Gasteiger partial charge in [0.05, 0.1) is 31.0 Å². The van der Waals surface area contributed by atoms with Crippen molar-refractivity contribution < 1.29 is 29.0 Å². The maximum atomic E-state index is 13.5. The van der Waals surface area contributed by atoms with Crippen molar-refractivity contribution in [3.8, 4) is 5.75 Å². The van der Waals surface area contributed by atoms with Crippen molar-refractivity contribution in [1.82, 2.24) is 4.98 Å². The molecular weight excluding hydrogens is 528 g/mol. The summed E-state index contributed by atoms with van der Waals surface area (Å²) in [7, 11) is 1.27. The predicted molar refractivity (Wildman–Crippen MR) is 155 cm³/mol. The van der Waals surface area contributed by atoms with Gasteiger partial charge >= 0.3 is 5.97 Å². The molecule has 0 radical (unpaired) electrons. The lowest BCUT2D eigenvalue weighted by Gasteiger charge is -2.24. The number of nitrogens with zero attached hydrogens (tertiary/aromatic N) is 2. The Morgan fingerprint density at radius 3 is 2.48 bits per heavy atom. The number of thiazole rings is 1. The van der Waals surface area contributed by atoms with E-state index in [0.29, 0.717) is 23.6 Å². The van der Waals surface area contributed by atoms with Gasteiger partial charge in [-0.25, -0.2) is 9.78 Å². The van der Waals surface area contributed by atoms with Crippen LogP contribution in [0.5, 0.6) is 5.75 Å². The molecule has 8 nitrogen and oxygen atoms in total. The van der Waals surface area contributed by atoms with Gasteiger partial charge in [-0.05, 0) is 42.7 Å². The standard InChI is InChI=1S/C31H32N2O6S/c1-4-5-6-10-19-39-23-16-14-22(15-17-23)26-25(24(34)18-13-21-11-8-7-9-12-21)27(35)29(36)33(26)31-32-20(2)28(40-31)30(37)38-3/h7-9,11-18,26,35H,4-6,10,19H2,1-3H3/b18-13+. The van der Waals surface area contributed by atoms with Gasteiger partial charge in [0.1, 0.15) is 10.6 Å². The number of rotatable bonds is 12. The largest absolute Gasteiger partial charge is 0.503 e. The zero-order valence-electron chi connectivity index (χ0n) is 22.8. The highest BCUT2D eigenvalue weighted by atomic mass is 32.1. The highest BCUT2D eigenvalue weighted by molar-refractivity contribution is 7.17. The van der Waals surface area contributed by atoms with Crippen LogP contribution < -0.4 is 9.64 Å². The second-order valence-corrected chi connectivity index (χ2v) is 10.3. The first-order valence-electron chi connectivity index (χ1n) is 13.2. The fourth-order valence-corrected chi connectivity index (χ4v) is 5.44. The summed E-state index contributed by atoms with van der Waals surface area (Å²) in [4.78, 5) is 45.0. The number of hydrogen-bond acceptors (Lipinski definition) is 8. The molecule has 4 rings (SSSR count). The molecule has 0 spiro atoms. The normalized spacial score (nSPS) is 15.2. The lowest BCUT2D eigenvalue weighted by Crippen LogP contribution is -2.30. The summed E-state index contributed by atoms with van der Waals surface area (Å²) in [5.74, 6) is -1.86. The molecule has 0 saturated carbocycles. The van der Waals surface area contributed by atoms with Gasteiger partial charge in [0, 0.05) is 0 Å². The van der Waals surface area contributed by atoms with Crippen molar-refractivity contribution in [2.45, 2.75) is 45.6 Å². The van der Waals surface area contributed by atoms with Crippen LogP contribution in [-0.2, 0) is 14.3 Å². The van der Waals surface area contributed by atoms with E-state index in [1.807, 2.05) is 30.3 Å². The van der Waals surface area contributed by atoms with Crippen molar-refractivity contribution in [2.75, 3.05) is 18.6 Å². The molecule has 1 N–H and O–H groups in total. The fourth-order valence-electron chi connectivity index (χ4n) is 4.43. The Labute approximate surface area is 237 Å². The number of ketones is 1. The lowest BCUT2D eigenvalue weighted by molar-refractivity contribution is -0.117. The molecule has 2 aromatic carbocycles. The summed E-state index contributed by atoms with van der Waals surface area (Å²) in [5, 5.41) is 11.1. The highest BCUT2D eigenvalue weighted by Crippen LogP contribution is 2.43. The molecule has 1 aliphatic heterocycles. The van der Waals surface area contributed by atoms with Crippen LogP contribution in [0.25, 0.3) is 6.08 Å². The van der Waals surface area contributed by atoms with Crippen LogP contribution in [0.2, 0.25) is 0 Å². The number of unbranched alkanes of at least 4 members (excludes halogenated alkanes) is 3. The van der Waals surface area contributed by atoms with E-state index >= 15 is 0 Å². The molecule has 1 unspecified atom stereocenters. The van der Waals surface area contributed by atoms with Crippen LogP contribution in [0, 0.1) is 6.92 Å². The van der Waals surface area contributed by atoms with E-state index in [1.165, 1.54) is 18.1 Å². The van der Waals surface area contributed by atoms with E-state index in [-0.39, 0.29) is 15.6 Å². The molecule has 9 heteroatoms. The number of aliphatic hydroxyl groups is 1. The number of anilines is 1. The number of allylic oxidation sites excluding steroid dienone is 1. The van der Waals surface area contributed by atoms with Crippen LogP contribution in [-0.4, -0.2) is 41.5 Å². The van der Waals surface area contributed by atoms with Gasteiger partial charge < -0.3 is 14.6 Å². The molecular formula is C31H32N2O6S. The maximum Gasteiger partial charge on any atom is 0.350 e. The number of aliphatic hydroxyl groups excluding tert-OH is 1. The highest BCUT2D eigenvalue weighted by Gasteiger charge is 2.45. The van der Waals surface area contributed by atoms with Gasteiger partial charge in [0.25, 0.3) is 5.91 Å². The van der Waals surface area contributed by atoms with E-state index in [9.17, 15) is 19.5 Å². The summed E-state index contributed by atoms with van der Waals surface area (Å²) in [6.07, 6.45) is 7.33. The van der Waals surface area contributed by atoms with Crippen LogP contribution in [0.3, 0.4) is 0 Å². The molecule has 2 heterocycles. The van der Waals surface area contributed by atoms with E-state index in [4.69, 9.17) is 9.47 Å². The van der Waals surface area contributed by atoms with Gasteiger partial charge in [-0.2, -0.15) is 0 Å². The Morgan fingerprint density at radius 1 is 1.07 bits per heavy atom. The molecule has 0 bridgehead atoms. The van der Waals surface area contributed by atoms with Crippen LogP contribution in [0.4, 0.5) is 5.13 Å². The predicted octanol–water partition coefficient (Wildman–Crippen LogP) is 6.38. The molecule has 0 aliphatic carbocycles. The summed E-state index contributed by atoms with van der Waals surface area (Å²) in [6, 6.07) is 15.4. The molecule has 1 amide bonds. The first-order valence-corrected chi connectivity index (χ1v) is 14.0. The number of esters is 1. The molecule has 0 saturated heterocycles. The first kappa shape index (κ1) is 28.8. The molecule has 1 aromatic heterocycles. The smallest absolute Gasteiger partial charge is 0.350 e. The number of aryl methyl sites for hydroxylation is 1. The fraction of sp³-hybridized carbons (Fsp3) is 0.290. The third-order valence-electron chi connectivity index (χ3n) is 6.52. The molecule has 40 heavy (non-hydrogen) atoms. The molecule has 0 fully saturated rings. The Kier molecular flexibility index (Phi) is 9.50. The Bertz CT molecular complexity index is 1430. The van der Waals surface area contributed by atoms with Gasteiger partial charge in [-0.1, -0.05) is 86.1 Å². The average Bonchev–Trinajstić information content (AvgIpc) is 3.48. The SMILES string of the molecule is CCCCCCOc1ccc(C2C(C(=O)/C=C/c3ccccc3)=C(O)C(=O)N2c2nc(C)c(C(=O)OC)s2)cc1. The minimum atomic E-state index is -0.963. The third-order valence-corrected chi connectivity index (χ3v) is 7.66. The van der Waals surface area contributed by atoms with Crippen LogP contribution in [0.15, 0.2) is 72.0 Å². The number of hydrogen-bond donors (Lipinski definition) is 1. The minimum absolute atomic E-state index is 0.0714. The summed E-state index contributed by atoms with van der Waals surface area (Å²) in [5.41, 5.74) is 1.69. The van der Waals surface area contributed by atoms with Crippen molar-refractivity contribution in [3.63, 3.8) is 0 Å². The topological polar surface area (TPSA) is 106 Å². The maximum absolute atomic E-state index is 13.5. The Hall–Kier alpha value is -4.24. The minimum Gasteiger partial charge on any atom is -0.503 e. The number of methoxy groups -OCH3 is 1. The zero-order chi connectivity index (χ0) is 28.6. The van der Waals surface area contributed by atoms with E-state index < -0.39 is 29.5 Å². The molecule has 3 aromatic rings. The monoisotopic (exact) mass is 560 g/mol. The quantitative estimate of drug-likeness (QED) is 0.156. The molecule has 208 valence electrons. The van der Waals surface area contributed by atoms with E-state index in [2.05, 4.69) is 11.9 Å². The van der Waals surface area contributed by atoms with Crippen LogP contribution in [0.1, 0.15) is 65.1 Å². The number of ether oxygens (including phenoxy) is 2. The Balaban J connectivity index is 1.69. The molecule has 1 atom stereocenters. The number of aromatic nitrogens is 1. The van der Waals surface area contributed by atoms with Gasteiger partial charge in [0.2, 0.25) is 0 Å². The number of amides is 1. The second kappa shape index (κ2) is 13.2. The van der Waals surface area contributed by atoms with Crippen molar-refractivity contribution >= 4 is 40.2 Å². The first-order chi connectivity index (χ1) is 19.3. The molecule has 1 aliphatic rings. The van der Waals surface area contributed by atoms with Crippen molar-refractivity contribution in [1.29, 1.82) is 0 Å². The van der Waals surface area contributed by atoms with E-state index in [0.717, 1.165) is 42.6 Å². The number of carbonyl (C=O) groups excluding carboxylic acids is 3. The lowest BCUT2D eigenvalue weighted by atomic mass is 9.95. The summed E-state index contributed by atoms with van der Waals surface area (Å²) < 4.78 is 10.7. The Morgan fingerprint density at radius 2 is 1.80 bits per heavy atom. The zero-order valence-corrected chi connectivity index (χ0v) is 23.6. The third kappa shape index (κ3) is 6.31. The summed E-state index contributed by atoms with van der Waals surface area (Å²) in [6.45, 7) is 4.38. The van der Waals surface area contributed by atoms with Gasteiger partial charge in [-0.15, -0.1) is 0 Å². The summed E-state index contributed by atoms with van der Waals surface area (Å²) >= 11 is 0.966. The van der Waals surface area contributed by atoms with Crippen molar-refractivity contribution in [2.24, 2.45) is 0 Å². The number of carbonyl (C=O) groups is 3.